The minimum atomic E-state index is -4.50. The number of hydrogen-bond acceptors (Lipinski definition) is 2. The minimum absolute atomic E-state index is 0.0400. The van der Waals surface area contributed by atoms with Crippen molar-refractivity contribution in [2.24, 2.45) is 0 Å². The molecule has 1 heterocycles. The van der Waals surface area contributed by atoms with Crippen LogP contribution in [-0.4, -0.2) is 13.4 Å². The van der Waals surface area contributed by atoms with Gasteiger partial charge in [-0.05, 0) is 47.3 Å². The van der Waals surface area contributed by atoms with Gasteiger partial charge in [0.05, 0.1) is 10.5 Å². The lowest BCUT2D eigenvalue weighted by atomic mass is 10.2. The molecular weight excluding hydrogens is 341 g/mol. The Kier molecular flexibility index (Phi) is 4.10. The van der Waals surface area contributed by atoms with Crippen molar-refractivity contribution in [3.8, 4) is 0 Å². The molecule has 8 heteroatoms. The third-order valence-corrected chi connectivity index (χ3v) is 4.99. The number of benzene rings is 2. The molecule has 126 valence electrons. The molecule has 0 aliphatic heterocycles. The summed E-state index contributed by atoms with van der Waals surface area (Å²) in [4.78, 5) is 2.81. The molecule has 3 rings (SSSR count). The van der Waals surface area contributed by atoms with Crippen molar-refractivity contribution in [3.63, 3.8) is 0 Å². The van der Waals surface area contributed by atoms with E-state index in [4.69, 9.17) is 0 Å². The first kappa shape index (κ1) is 16.5. The highest BCUT2D eigenvalue weighted by Crippen LogP contribution is 2.29. The van der Waals surface area contributed by atoms with Crippen LogP contribution < -0.4 is 4.72 Å². The fourth-order valence-electron chi connectivity index (χ4n) is 2.29. The Morgan fingerprint density at radius 3 is 2.38 bits per heavy atom. The topological polar surface area (TPSA) is 62.0 Å². The second-order valence-corrected chi connectivity index (χ2v) is 7.01. The van der Waals surface area contributed by atoms with Crippen molar-refractivity contribution >= 4 is 20.9 Å². The minimum Gasteiger partial charge on any atom is -0.361 e. The second kappa shape index (κ2) is 5.95. The molecule has 0 aliphatic carbocycles. The second-order valence-electron chi connectivity index (χ2n) is 5.25. The SMILES string of the molecule is O=S(=O)(NCc1ccc2cc[nH]c2c1)c1ccc(C(F)(F)F)cc1. The van der Waals surface area contributed by atoms with Gasteiger partial charge < -0.3 is 4.98 Å². The Morgan fingerprint density at radius 2 is 1.71 bits per heavy atom. The summed E-state index contributed by atoms with van der Waals surface area (Å²) in [5.41, 5.74) is 0.723. The lowest BCUT2D eigenvalue weighted by Gasteiger charge is -2.09. The first-order chi connectivity index (χ1) is 11.3. The van der Waals surface area contributed by atoms with Gasteiger partial charge in [0.1, 0.15) is 0 Å². The van der Waals surface area contributed by atoms with Gasteiger partial charge in [-0.1, -0.05) is 12.1 Å². The van der Waals surface area contributed by atoms with E-state index in [1.54, 1.807) is 12.3 Å². The van der Waals surface area contributed by atoms with Crippen molar-refractivity contribution in [2.75, 3.05) is 0 Å². The maximum atomic E-state index is 12.5. The molecule has 0 fully saturated rings. The summed E-state index contributed by atoms with van der Waals surface area (Å²) in [5.74, 6) is 0. The summed E-state index contributed by atoms with van der Waals surface area (Å²) in [6.45, 7) is 0.0400. The van der Waals surface area contributed by atoms with Gasteiger partial charge in [-0.25, -0.2) is 13.1 Å². The van der Waals surface area contributed by atoms with Crippen molar-refractivity contribution in [1.82, 2.24) is 9.71 Å². The van der Waals surface area contributed by atoms with Gasteiger partial charge in [-0.3, -0.25) is 0 Å². The largest absolute Gasteiger partial charge is 0.416 e. The van der Waals surface area contributed by atoms with Gasteiger partial charge in [0, 0.05) is 18.3 Å². The molecule has 0 saturated heterocycles. The average molecular weight is 354 g/mol. The van der Waals surface area contributed by atoms with Crippen LogP contribution in [-0.2, 0) is 22.7 Å². The molecule has 0 atom stereocenters. The lowest BCUT2D eigenvalue weighted by Crippen LogP contribution is -2.23. The molecule has 0 unspecified atom stereocenters. The molecular formula is C16H13F3N2O2S. The monoisotopic (exact) mass is 354 g/mol. The summed E-state index contributed by atoms with van der Waals surface area (Å²) in [6.07, 6.45) is -2.72. The third-order valence-electron chi connectivity index (χ3n) is 3.58. The zero-order valence-corrected chi connectivity index (χ0v) is 13.1. The van der Waals surface area contributed by atoms with Crippen LogP contribution in [0.25, 0.3) is 10.9 Å². The highest BCUT2D eigenvalue weighted by Gasteiger charge is 2.30. The molecule has 0 amide bonds. The quantitative estimate of drug-likeness (QED) is 0.751. The number of aromatic nitrogens is 1. The van der Waals surface area contributed by atoms with Crippen LogP contribution in [0.5, 0.6) is 0 Å². The zero-order chi connectivity index (χ0) is 17.4. The smallest absolute Gasteiger partial charge is 0.361 e. The van der Waals surface area contributed by atoms with Crippen LogP contribution >= 0.6 is 0 Å². The first-order valence-corrected chi connectivity index (χ1v) is 8.47. The van der Waals surface area contributed by atoms with E-state index in [2.05, 4.69) is 9.71 Å². The molecule has 4 nitrogen and oxygen atoms in total. The number of hydrogen-bond donors (Lipinski definition) is 2. The predicted octanol–water partition coefficient (Wildman–Crippen LogP) is 3.67. The van der Waals surface area contributed by atoms with Crippen molar-refractivity contribution in [1.29, 1.82) is 0 Å². The first-order valence-electron chi connectivity index (χ1n) is 6.99. The average Bonchev–Trinajstić information content (AvgIpc) is 3.00. The normalized spacial score (nSPS) is 12.6. The summed E-state index contributed by atoms with van der Waals surface area (Å²) in [6, 6.07) is 10.7. The van der Waals surface area contributed by atoms with Crippen LogP contribution in [0, 0.1) is 0 Å². The van der Waals surface area contributed by atoms with Gasteiger partial charge in [-0.2, -0.15) is 13.2 Å². The van der Waals surface area contributed by atoms with Gasteiger partial charge in [-0.15, -0.1) is 0 Å². The summed E-state index contributed by atoms with van der Waals surface area (Å²) in [5, 5.41) is 1.00. The van der Waals surface area contributed by atoms with Gasteiger partial charge in [0.15, 0.2) is 0 Å². The predicted molar refractivity (Wildman–Crippen MR) is 83.8 cm³/mol. The maximum Gasteiger partial charge on any atom is 0.416 e. The van der Waals surface area contributed by atoms with E-state index < -0.39 is 21.8 Å². The number of fused-ring (bicyclic) bond motifs is 1. The van der Waals surface area contributed by atoms with Crippen molar-refractivity contribution in [2.45, 2.75) is 17.6 Å². The van der Waals surface area contributed by atoms with E-state index in [1.165, 1.54) is 0 Å². The van der Waals surface area contributed by atoms with Gasteiger partial charge in [0.25, 0.3) is 0 Å². The Morgan fingerprint density at radius 1 is 1.00 bits per heavy atom. The molecule has 24 heavy (non-hydrogen) atoms. The summed E-state index contributed by atoms with van der Waals surface area (Å²) in [7, 11) is -3.89. The molecule has 1 aromatic heterocycles. The van der Waals surface area contributed by atoms with Crippen LogP contribution in [0.1, 0.15) is 11.1 Å². The zero-order valence-electron chi connectivity index (χ0n) is 12.3. The number of rotatable bonds is 4. The van der Waals surface area contributed by atoms with Crippen LogP contribution in [0.15, 0.2) is 59.6 Å². The number of halogens is 3. The van der Waals surface area contributed by atoms with Gasteiger partial charge >= 0.3 is 6.18 Å². The Hall–Kier alpha value is -2.32. The van der Waals surface area contributed by atoms with E-state index in [0.29, 0.717) is 0 Å². The summed E-state index contributed by atoms with van der Waals surface area (Å²) >= 11 is 0. The standard InChI is InChI=1S/C16H13F3N2O2S/c17-16(18,19)13-3-5-14(6-4-13)24(22,23)21-10-11-1-2-12-7-8-20-15(12)9-11/h1-9,20-21H,10H2. The molecule has 0 aliphatic rings. The van der Waals surface area contributed by atoms with Crippen LogP contribution in [0.3, 0.4) is 0 Å². The maximum absolute atomic E-state index is 12.5. The van der Waals surface area contributed by atoms with Crippen LogP contribution in [0.2, 0.25) is 0 Å². The highest BCUT2D eigenvalue weighted by molar-refractivity contribution is 7.89. The number of sulfonamides is 1. The Bertz CT molecular complexity index is 961. The molecule has 2 N–H and O–H groups in total. The fraction of sp³-hybridized carbons (Fsp3) is 0.125. The molecule has 0 spiro atoms. The molecule has 0 radical (unpaired) electrons. The molecule has 0 saturated carbocycles. The molecule has 3 aromatic rings. The molecule has 2 aromatic carbocycles. The number of alkyl halides is 3. The van der Waals surface area contributed by atoms with Crippen LogP contribution in [0.4, 0.5) is 13.2 Å². The van der Waals surface area contributed by atoms with E-state index in [9.17, 15) is 21.6 Å². The number of nitrogens with one attached hydrogen (secondary N) is 2. The Balaban J connectivity index is 1.75. The van der Waals surface area contributed by atoms with E-state index in [-0.39, 0.29) is 11.4 Å². The third kappa shape index (κ3) is 3.44. The fourth-order valence-corrected chi connectivity index (χ4v) is 3.31. The van der Waals surface area contributed by atoms with E-state index in [0.717, 1.165) is 40.7 Å². The number of H-pyrrole nitrogens is 1. The van der Waals surface area contributed by atoms with Gasteiger partial charge in [0.2, 0.25) is 10.0 Å². The van der Waals surface area contributed by atoms with E-state index in [1.807, 2.05) is 18.2 Å². The number of aromatic amines is 1. The molecule has 0 bridgehead atoms. The van der Waals surface area contributed by atoms with Crippen molar-refractivity contribution in [3.05, 3.63) is 65.9 Å². The lowest BCUT2D eigenvalue weighted by molar-refractivity contribution is -0.137. The highest BCUT2D eigenvalue weighted by atomic mass is 32.2. The Labute approximate surface area is 136 Å². The summed E-state index contributed by atoms with van der Waals surface area (Å²) < 4.78 is 64.3. The van der Waals surface area contributed by atoms with E-state index >= 15 is 0 Å². The van der Waals surface area contributed by atoms with Crippen molar-refractivity contribution < 1.29 is 21.6 Å².